The third kappa shape index (κ3) is 6.02. The number of halogens is 2. The third-order valence-electron chi connectivity index (χ3n) is 3.53. The maximum atomic E-state index is 13.4. The van der Waals surface area contributed by atoms with E-state index in [0.717, 1.165) is 0 Å². The van der Waals surface area contributed by atoms with Crippen molar-refractivity contribution in [3.63, 3.8) is 0 Å². The zero-order valence-corrected chi connectivity index (χ0v) is 18.4. The van der Waals surface area contributed by atoms with Gasteiger partial charge in [0.15, 0.2) is 0 Å². The van der Waals surface area contributed by atoms with Crippen LogP contribution in [0.5, 0.6) is 5.75 Å². The van der Waals surface area contributed by atoms with Gasteiger partial charge in [0.2, 0.25) is 10.0 Å². The molecule has 2 aromatic rings. The van der Waals surface area contributed by atoms with Crippen molar-refractivity contribution in [2.75, 3.05) is 7.11 Å². The predicted molar refractivity (Wildman–Crippen MR) is 108 cm³/mol. The molecule has 0 spiro atoms. The molecule has 1 amide bonds. The first-order valence-electron chi connectivity index (χ1n) is 8.36. The van der Waals surface area contributed by atoms with Gasteiger partial charge in [0.05, 0.1) is 7.11 Å². The molecule has 2 aromatic carbocycles. The Morgan fingerprint density at radius 3 is 2.43 bits per heavy atom. The van der Waals surface area contributed by atoms with E-state index >= 15 is 0 Å². The second-order valence-electron chi connectivity index (χ2n) is 7.18. The summed E-state index contributed by atoms with van der Waals surface area (Å²) in [5.41, 5.74) is 0.00824. The van der Waals surface area contributed by atoms with Gasteiger partial charge in [-0.05, 0) is 62.7 Å². The molecule has 0 saturated carbocycles. The fourth-order valence-corrected chi connectivity index (χ4v) is 4.61. The molecule has 0 aliphatic heterocycles. The SMILES string of the molecule is COc1ccc(C(=O)NCc2cc(F)cc(Br)c2)cc1S(=O)(=O)NC(C)(C)C. The zero-order valence-electron chi connectivity index (χ0n) is 16.0. The summed E-state index contributed by atoms with van der Waals surface area (Å²) in [6.45, 7) is 5.23. The highest BCUT2D eigenvalue weighted by molar-refractivity contribution is 9.10. The second-order valence-corrected chi connectivity index (χ2v) is 9.75. The van der Waals surface area contributed by atoms with E-state index in [0.29, 0.717) is 10.0 Å². The van der Waals surface area contributed by atoms with E-state index in [-0.39, 0.29) is 22.8 Å². The van der Waals surface area contributed by atoms with E-state index in [1.54, 1.807) is 26.8 Å². The molecule has 0 radical (unpaired) electrons. The van der Waals surface area contributed by atoms with E-state index < -0.39 is 27.3 Å². The highest BCUT2D eigenvalue weighted by Crippen LogP contribution is 2.26. The molecule has 6 nitrogen and oxygen atoms in total. The summed E-state index contributed by atoms with van der Waals surface area (Å²) in [5.74, 6) is -0.790. The molecular weight excluding hydrogens is 451 g/mol. The lowest BCUT2D eigenvalue weighted by Gasteiger charge is -2.21. The smallest absolute Gasteiger partial charge is 0.251 e. The average Bonchev–Trinajstić information content (AvgIpc) is 2.56. The number of benzene rings is 2. The average molecular weight is 473 g/mol. The Kier molecular flexibility index (Phi) is 6.84. The first-order valence-corrected chi connectivity index (χ1v) is 10.6. The van der Waals surface area contributed by atoms with Crippen molar-refractivity contribution in [1.29, 1.82) is 0 Å². The van der Waals surface area contributed by atoms with Crippen molar-refractivity contribution in [1.82, 2.24) is 10.0 Å². The molecule has 0 unspecified atom stereocenters. The monoisotopic (exact) mass is 472 g/mol. The number of hydrogen-bond donors (Lipinski definition) is 2. The van der Waals surface area contributed by atoms with E-state index in [4.69, 9.17) is 4.74 Å². The van der Waals surface area contributed by atoms with Gasteiger partial charge < -0.3 is 10.1 Å². The Hall–Kier alpha value is -1.97. The lowest BCUT2D eigenvalue weighted by atomic mass is 10.1. The second kappa shape index (κ2) is 8.59. The van der Waals surface area contributed by atoms with Gasteiger partial charge in [0, 0.05) is 22.1 Å². The summed E-state index contributed by atoms with van der Waals surface area (Å²) in [6, 6.07) is 8.44. The van der Waals surface area contributed by atoms with Crippen LogP contribution in [0.3, 0.4) is 0 Å². The van der Waals surface area contributed by atoms with Gasteiger partial charge in [0.25, 0.3) is 5.91 Å². The quantitative estimate of drug-likeness (QED) is 0.672. The number of methoxy groups -OCH3 is 1. The molecule has 152 valence electrons. The highest BCUT2D eigenvalue weighted by Gasteiger charge is 2.26. The molecule has 0 heterocycles. The van der Waals surface area contributed by atoms with Crippen molar-refractivity contribution >= 4 is 31.9 Å². The van der Waals surface area contributed by atoms with Gasteiger partial charge in [-0.2, -0.15) is 0 Å². The van der Waals surface area contributed by atoms with Crippen molar-refractivity contribution in [3.05, 3.63) is 57.8 Å². The minimum absolute atomic E-state index is 0.0869. The number of ether oxygens (including phenoxy) is 1. The van der Waals surface area contributed by atoms with Crippen LogP contribution >= 0.6 is 15.9 Å². The molecule has 0 aliphatic carbocycles. The van der Waals surface area contributed by atoms with Gasteiger partial charge >= 0.3 is 0 Å². The summed E-state index contributed by atoms with van der Waals surface area (Å²) in [7, 11) is -2.55. The highest BCUT2D eigenvalue weighted by atomic mass is 79.9. The van der Waals surface area contributed by atoms with Crippen LogP contribution < -0.4 is 14.8 Å². The minimum Gasteiger partial charge on any atom is -0.495 e. The zero-order chi connectivity index (χ0) is 21.1. The lowest BCUT2D eigenvalue weighted by Crippen LogP contribution is -2.40. The molecular formula is C19H22BrFN2O4S. The number of amides is 1. The van der Waals surface area contributed by atoms with Crippen LogP contribution in [0.4, 0.5) is 4.39 Å². The molecule has 2 rings (SSSR count). The van der Waals surface area contributed by atoms with Crippen molar-refractivity contribution in [3.8, 4) is 5.75 Å². The number of rotatable bonds is 6. The molecule has 28 heavy (non-hydrogen) atoms. The number of sulfonamides is 1. The molecule has 0 aromatic heterocycles. The maximum Gasteiger partial charge on any atom is 0.251 e. The van der Waals surface area contributed by atoms with Gasteiger partial charge in [-0.1, -0.05) is 15.9 Å². The molecule has 0 saturated heterocycles. The molecule has 0 fully saturated rings. The van der Waals surface area contributed by atoms with Crippen LogP contribution in [-0.4, -0.2) is 27.0 Å². The molecule has 0 atom stereocenters. The summed E-state index contributed by atoms with van der Waals surface area (Å²) in [5, 5.41) is 2.65. The summed E-state index contributed by atoms with van der Waals surface area (Å²) < 4.78 is 47.1. The van der Waals surface area contributed by atoms with Crippen LogP contribution in [-0.2, 0) is 16.6 Å². The standard InChI is InChI=1S/C19H22BrFN2O4S/c1-19(2,3)23-28(25,26)17-9-13(5-6-16(17)27-4)18(24)22-11-12-7-14(20)10-15(21)8-12/h5-10,23H,11H2,1-4H3,(H,22,24). The summed E-state index contributed by atoms with van der Waals surface area (Å²) in [4.78, 5) is 12.3. The fourth-order valence-electron chi connectivity index (χ4n) is 2.48. The number of carbonyl (C=O) groups is 1. The first kappa shape index (κ1) is 22.3. The van der Waals surface area contributed by atoms with Crippen LogP contribution in [0.2, 0.25) is 0 Å². The Balaban J connectivity index is 2.27. The first-order chi connectivity index (χ1) is 12.9. The van der Waals surface area contributed by atoms with Crippen LogP contribution in [0.25, 0.3) is 0 Å². The molecule has 9 heteroatoms. The van der Waals surface area contributed by atoms with Crippen molar-refractivity contribution < 1.29 is 22.3 Å². The molecule has 0 aliphatic rings. The number of carbonyl (C=O) groups excluding carboxylic acids is 1. The molecule has 2 N–H and O–H groups in total. The third-order valence-corrected chi connectivity index (χ3v) is 5.77. The summed E-state index contributed by atoms with van der Waals surface area (Å²) >= 11 is 3.20. The van der Waals surface area contributed by atoms with E-state index in [1.807, 2.05) is 0 Å². The van der Waals surface area contributed by atoms with E-state index in [2.05, 4.69) is 26.0 Å². The van der Waals surface area contributed by atoms with E-state index in [9.17, 15) is 17.6 Å². The van der Waals surface area contributed by atoms with Crippen LogP contribution in [0.15, 0.2) is 45.8 Å². The Morgan fingerprint density at radius 1 is 1.18 bits per heavy atom. The number of hydrogen-bond acceptors (Lipinski definition) is 4. The topological polar surface area (TPSA) is 84.5 Å². The van der Waals surface area contributed by atoms with Gasteiger partial charge in [-0.3, -0.25) is 4.79 Å². The van der Waals surface area contributed by atoms with Gasteiger partial charge in [-0.25, -0.2) is 17.5 Å². The van der Waals surface area contributed by atoms with Crippen molar-refractivity contribution in [2.24, 2.45) is 0 Å². The lowest BCUT2D eigenvalue weighted by molar-refractivity contribution is 0.0950. The Bertz CT molecular complexity index is 968. The maximum absolute atomic E-state index is 13.4. The van der Waals surface area contributed by atoms with Gasteiger partial charge in [-0.15, -0.1) is 0 Å². The van der Waals surface area contributed by atoms with Crippen LogP contribution in [0, 0.1) is 5.82 Å². The van der Waals surface area contributed by atoms with Crippen molar-refractivity contribution in [2.45, 2.75) is 37.8 Å². The fraction of sp³-hybridized carbons (Fsp3) is 0.316. The normalized spacial score (nSPS) is 11.9. The Labute approximate surface area is 172 Å². The largest absolute Gasteiger partial charge is 0.495 e. The molecule has 0 bridgehead atoms. The Morgan fingerprint density at radius 2 is 1.86 bits per heavy atom. The summed E-state index contributed by atoms with van der Waals surface area (Å²) in [6.07, 6.45) is 0. The van der Waals surface area contributed by atoms with Crippen LogP contribution in [0.1, 0.15) is 36.7 Å². The number of nitrogens with one attached hydrogen (secondary N) is 2. The minimum atomic E-state index is -3.91. The van der Waals surface area contributed by atoms with Gasteiger partial charge in [0.1, 0.15) is 16.5 Å². The van der Waals surface area contributed by atoms with E-state index in [1.165, 1.54) is 37.4 Å². The predicted octanol–water partition coefficient (Wildman–Crippen LogP) is 3.60.